The summed E-state index contributed by atoms with van der Waals surface area (Å²) in [5.74, 6) is 0. The van der Waals surface area contributed by atoms with Crippen LogP contribution in [0.5, 0.6) is 0 Å². The summed E-state index contributed by atoms with van der Waals surface area (Å²) in [4.78, 5) is 10.6. The van der Waals surface area contributed by atoms with E-state index in [0.29, 0.717) is 13.2 Å². The van der Waals surface area contributed by atoms with E-state index in [1.165, 1.54) is 0 Å². The van der Waals surface area contributed by atoms with Gasteiger partial charge >= 0.3 is 8.56 Å². The Labute approximate surface area is 75.3 Å². The molecule has 0 radical (unpaired) electrons. The van der Waals surface area contributed by atoms with Crippen molar-refractivity contribution in [3.63, 3.8) is 0 Å². The van der Waals surface area contributed by atoms with Crippen LogP contribution in [0.1, 0.15) is 20.8 Å². The van der Waals surface area contributed by atoms with Crippen LogP contribution < -0.4 is 0 Å². The zero-order chi connectivity index (χ0) is 9.61. The van der Waals surface area contributed by atoms with E-state index < -0.39 is 8.56 Å². The lowest BCUT2D eigenvalue weighted by Crippen LogP contribution is -2.43. The number of rotatable bonds is 6. The number of carbonyl (C=O) groups is 1. The summed E-state index contributed by atoms with van der Waals surface area (Å²) in [5.41, 5.74) is -0.0996. The van der Waals surface area contributed by atoms with E-state index in [2.05, 4.69) is 0 Å². The molecule has 0 aliphatic carbocycles. The van der Waals surface area contributed by atoms with Crippen LogP contribution in [0.15, 0.2) is 0 Å². The zero-order valence-corrected chi connectivity index (χ0v) is 9.29. The highest BCUT2D eigenvalue weighted by Gasteiger charge is 2.37. The van der Waals surface area contributed by atoms with Crippen molar-refractivity contribution in [3.8, 4) is 0 Å². The van der Waals surface area contributed by atoms with Gasteiger partial charge in [-0.15, -0.1) is 0 Å². The Hall–Kier alpha value is -0.193. The quantitative estimate of drug-likeness (QED) is 0.472. The van der Waals surface area contributed by atoms with Crippen LogP contribution in [0.4, 0.5) is 0 Å². The molecule has 1 unspecified atom stereocenters. The van der Waals surface area contributed by atoms with Crippen molar-refractivity contribution in [2.45, 2.75) is 32.9 Å². The minimum atomic E-state index is -2.22. The zero-order valence-electron chi connectivity index (χ0n) is 8.29. The maximum atomic E-state index is 10.6. The first kappa shape index (κ1) is 11.8. The smallest absolute Gasteiger partial charge is 0.345 e. The molecule has 0 fully saturated rings. The van der Waals surface area contributed by atoms with Gasteiger partial charge in [-0.2, -0.15) is 0 Å². The minimum absolute atomic E-state index is 0.0996. The molecule has 0 spiro atoms. The maximum Gasteiger partial charge on any atom is 0.345 e. The van der Waals surface area contributed by atoms with Gasteiger partial charge in [0.25, 0.3) is 0 Å². The Kier molecular flexibility index (Phi) is 5.36. The van der Waals surface area contributed by atoms with Crippen molar-refractivity contribution in [3.05, 3.63) is 0 Å². The summed E-state index contributed by atoms with van der Waals surface area (Å²) in [6.45, 7) is 8.84. The van der Waals surface area contributed by atoms with Crippen LogP contribution in [-0.2, 0) is 13.6 Å². The van der Waals surface area contributed by atoms with Gasteiger partial charge in [0.05, 0.1) is 5.54 Å². The number of aldehydes is 1. The first-order chi connectivity index (χ1) is 5.60. The number of hydrogen-bond donors (Lipinski definition) is 0. The van der Waals surface area contributed by atoms with Gasteiger partial charge < -0.3 is 13.6 Å². The van der Waals surface area contributed by atoms with Crippen molar-refractivity contribution >= 4 is 14.8 Å². The summed E-state index contributed by atoms with van der Waals surface area (Å²) in [6.07, 6.45) is 0.914. The highest BCUT2D eigenvalue weighted by Crippen LogP contribution is 2.21. The van der Waals surface area contributed by atoms with Crippen LogP contribution in [0.2, 0.25) is 12.1 Å². The maximum absolute atomic E-state index is 10.6. The number of hydrogen-bond acceptors (Lipinski definition) is 3. The molecule has 0 aromatic rings. The number of carbonyl (C=O) groups excluding carboxylic acids is 1. The highest BCUT2D eigenvalue weighted by atomic mass is 28.4. The Balaban J connectivity index is 4.25. The molecule has 0 aromatic heterocycles. The molecule has 0 aliphatic heterocycles. The van der Waals surface area contributed by atoms with Crippen LogP contribution in [0.25, 0.3) is 0 Å². The predicted octanol–water partition coefficient (Wildman–Crippen LogP) is 1.72. The average molecular weight is 190 g/mol. The molecule has 0 heterocycles. The summed E-state index contributed by atoms with van der Waals surface area (Å²) < 4.78 is 11.0. The Morgan fingerprint density at radius 1 is 1.33 bits per heavy atom. The lowest BCUT2D eigenvalue weighted by molar-refractivity contribution is -0.108. The molecule has 0 saturated heterocycles. The van der Waals surface area contributed by atoms with Crippen LogP contribution in [-0.4, -0.2) is 28.1 Å². The molecule has 0 aliphatic rings. The van der Waals surface area contributed by atoms with Crippen molar-refractivity contribution in [1.29, 1.82) is 0 Å². The normalized spacial score (nSPS) is 14.3. The molecule has 0 N–H and O–H groups in total. The summed E-state index contributed by atoms with van der Waals surface area (Å²) in [6, 6.07) is 0. The fourth-order valence-corrected chi connectivity index (χ4v) is 3.00. The van der Waals surface area contributed by atoms with Gasteiger partial charge in [0.1, 0.15) is 6.29 Å². The first-order valence-corrected chi connectivity index (χ1v) is 6.73. The second-order valence-electron chi connectivity index (χ2n) is 2.81. The van der Waals surface area contributed by atoms with Crippen molar-refractivity contribution < 1.29 is 13.6 Å². The van der Waals surface area contributed by atoms with Gasteiger partial charge in [-0.05, 0) is 20.4 Å². The molecule has 0 rings (SSSR count). The third-order valence-electron chi connectivity index (χ3n) is 1.89. The molecule has 0 saturated carbocycles. The van der Waals surface area contributed by atoms with Crippen LogP contribution >= 0.6 is 0 Å². The molecule has 0 aromatic carbocycles. The molecule has 12 heavy (non-hydrogen) atoms. The van der Waals surface area contributed by atoms with E-state index in [1.54, 1.807) is 0 Å². The van der Waals surface area contributed by atoms with E-state index in [4.69, 9.17) is 8.85 Å². The van der Waals surface area contributed by atoms with Crippen LogP contribution in [0, 0.1) is 0 Å². The second-order valence-corrected chi connectivity index (χ2v) is 6.33. The van der Waals surface area contributed by atoms with Crippen molar-refractivity contribution in [2.24, 2.45) is 0 Å². The molecular weight excluding hydrogens is 172 g/mol. The third-order valence-corrected chi connectivity index (χ3v) is 5.41. The fraction of sp³-hybridized carbons (Fsp3) is 0.875. The molecular formula is C8H18O3Si. The molecule has 4 heteroatoms. The molecule has 0 amide bonds. The van der Waals surface area contributed by atoms with Crippen LogP contribution in [0.3, 0.4) is 0 Å². The molecule has 1 atom stereocenters. The summed E-state index contributed by atoms with van der Waals surface area (Å²) in [7, 11) is -2.22. The van der Waals surface area contributed by atoms with E-state index in [9.17, 15) is 4.79 Å². The summed E-state index contributed by atoms with van der Waals surface area (Å²) in [5, 5.41) is 0. The van der Waals surface area contributed by atoms with E-state index in [1.807, 2.05) is 27.3 Å². The van der Waals surface area contributed by atoms with E-state index >= 15 is 0 Å². The molecule has 3 nitrogen and oxygen atoms in total. The largest absolute Gasteiger partial charge is 0.394 e. The topological polar surface area (TPSA) is 35.5 Å². The fourth-order valence-electron chi connectivity index (χ4n) is 1.00. The minimum Gasteiger partial charge on any atom is -0.394 e. The van der Waals surface area contributed by atoms with Gasteiger partial charge in [-0.3, -0.25) is 0 Å². The second kappa shape index (κ2) is 5.45. The van der Waals surface area contributed by atoms with E-state index in [-0.39, 0.29) is 5.54 Å². The average Bonchev–Trinajstić information content (AvgIpc) is 2.04. The standard InChI is InChI=1S/C8H18O3Si/c1-5-10-12(4,11-6-2)8(3)7-9/h7-8H,5-6H2,1-4H3. The molecule has 0 bridgehead atoms. The van der Waals surface area contributed by atoms with E-state index in [0.717, 1.165) is 6.29 Å². The monoisotopic (exact) mass is 190 g/mol. The third kappa shape index (κ3) is 3.04. The Morgan fingerprint density at radius 3 is 2.00 bits per heavy atom. The van der Waals surface area contributed by atoms with Gasteiger partial charge in [-0.25, -0.2) is 0 Å². The van der Waals surface area contributed by atoms with Gasteiger partial charge in [0.15, 0.2) is 0 Å². The van der Waals surface area contributed by atoms with Gasteiger partial charge in [-0.1, -0.05) is 6.92 Å². The van der Waals surface area contributed by atoms with Gasteiger partial charge in [0, 0.05) is 13.2 Å². The predicted molar refractivity (Wildman–Crippen MR) is 50.4 cm³/mol. The Morgan fingerprint density at radius 2 is 1.75 bits per heavy atom. The lowest BCUT2D eigenvalue weighted by Gasteiger charge is -2.28. The molecule has 72 valence electrons. The SMILES string of the molecule is CCO[Si](C)(OCC)C(C)C=O. The van der Waals surface area contributed by atoms with Crippen molar-refractivity contribution in [1.82, 2.24) is 0 Å². The highest BCUT2D eigenvalue weighted by molar-refractivity contribution is 6.70. The van der Waals surface area contributed by atoms with Gasteiger partial charge in [0.2, 0.25) is 0 Å². The first-order valence-electron chi connectivity index (χ1n) is 4.33. The lowest BCUT2D eigenvalue weighted by atomic mass is 10.5. The Bertz CT molecular complexity index is 132. The summed E-state index contributed by atoms with van der Waals surface area (Å²) >= 11 is 0. The van der Waals surface area contributed by atoms with Crippen molar-refractivity contribution in [2.75, 3.05) is 13.2 Å².